The Hall–Kier alpha value is -2.45. The fourth-order valence-electron chi connectivity index (χ4n) is 5.40. The summed E-state index contributed by atoms with van der Waals surface area (Å²) >= 11 is 0. The molecule has 1 aromatic rings. The number of nitrogens with zero attached hydrogens (tertiary/aromatic N) is 4. The van der Waals surface area contributed by atoms with E-state index in [1.807, 2.05) is 18.0 Å². The lowest BCUT2D eigenvalue weighted by atomic mass is 9.87. The highest BCUT2D eigenvalue weighted by atomic mass is 16.5. The molecule has 1 saturated heterocycles. The number of carbonyl (C=O) groups is 2. The van der Waals surface area contributed by atoms with Crippen LogP contribution in [0.15, 0.2) is 18.3 Å². The summed E-state index contributed by atoms with van der Waals surface area (Å²) in [4.78, 5) is 35.4. The van der Waals surface area contributed by atoms with Crippen LogP contribution in [0.25, 0.3) is 5.57 Å². The van der Waals surface area contributed by atoms with E-state index in [9.17, 15) is 14.7 Å². The number of carbonyl (C=O) groups excluding carboxylic acids is 1. The van der Waals surface area contributed by atoms with Crippen molar-refractivity contribution in [3.05, 3.63) is 29.6 Å². The van der Waals surface area contributed by atoms with Gasteiger partial charge in [0.1, 0.15) is 0 Å². The molecule has 8 heteroatoms. The van der Waals surface area contributed by atoms with E-state index in [2.05, 4.69) is 30.9 Å². The van der Waals surface area contributed by atoms with E-state index in [0.717, 1.165) is 29.8 Å². The van der Waals surface area contributed by atoms with E-state index in [1.54, 1.807) is 7.11 Å². The standard InChI is InChI=1S/C25H36N4O4/c1-17-12-27(19(15-33-4)13-28(17)24(31)32)14-23(30)29-16-25(2,3)20-11-26-21(10-22(20)29)18-8-6-5-7-9-18/h8,10-11,17,19H,5-7,9,12-16H2,1-4H3,(H,31,32)/t17-,19-/m1/s1. The average molecular weight is 457 g/mol. The summed E-state index contributed by atoms with van der Waals surface area (Å²) in [5.41, 5.74) is 4.15. The molecule has 0 unspecified atom stereocenters. The highest BCUT2D eigenvalue weighted by Crippen LogP contribution is 2.42. The predicted molar refractivity (Wildman–Crippen MR) is 127 cm³/mol. The second-order valence-corrected chi connectivity index (χ2v) is 10.2. The molecule has 1 aromatic heterocycles. The van der Waals surface area contributed by atoms with E-state index in [-0.39, 0.29) is 30.0 Å². The second-order valence-electron chi connectivity index (χ2n) is 10.2. The third-order valence-corrected chi connectivity index (χ3v) is 7.27. The van der Waals surface area contributed by atoms with Gasteiger partial charge in [-0.1, -0.05) is 19.9 Å². The molecule has 1 fully saturated rings. The molecule has 2 atom stereocenters. The summed E-state index contributed by atoms with van der Waals surface area (Å²) in [6.45, 7) is 8.27. The minimum Gasteiger partial charge on any atom is -0.465 e. The van der Waals surface area contributed by atoms with Crippen molar-refractivity contribution in [2.24, 2.45) is 0 Å². The van der Waals surface area contributed by atoms with Gasteiger partial charge in [-0.05, 0) is 44.2 Å². The van der Waals surface area contributed by atoms with Crippen LogP contribution in [0.3, 0.4) is 0 Å². The molecule has 33 heavy (non-hydrogen) atoms. The smallest absolute Gasteiger partial charge is 0.407 e. The Morgan fingerprint density at radius 3 is 2.73 bits per heavy atom. The van der Waals surface area contributed by atoms with Crippen LogP contribution < -0.4 is 4.90 Å². The molecule has 4 rings (SSSR count). The molecule has 180 valence electrons. The maximum absolute atomic E-state index is 13.6. The minimum absolute atomic E-state index is 0.0358. The van der Waals surface area contributed by atoms with Gasteiger partial charge in [0, 0.05) is 50.0 Å². The summed E-state index contributed by atoms with van der Waals surface area (Å²) < 4.78 is 5.35. The normalized spacial score (nSPS) is 25.0. The van der Waals surface area contributed by atoms with Crippen molar-refractivity contribution in [3.8, 4) is 0 Å². The molecule has 0 radical (unpaired) electrons. The third-order valence-electron chi connectivity index (χ3n) is 7.27. The van der Waals surface area contributed by atoms with Crippen molar-refractivity contribution in [1.82, 2.24) is 14.8 Å². The highest BCUT2D eigenvalue weighted by molar-refractivity contribution is 5.98. The van der Waals surface area contributed by atoms with Gasteiger partial charge in [0.15, 0.2) is 0 Å². The number of piperazine rings is 1. The Balaban J connectivity index is 1.56. The molecule has 3 aliphatic rings. The first-order chi connectivity index (χ1) is 15.7. The zero-order valence-corrected chi connectivity index (χ0v) is 20.2. The minimum atomic E-state index is -0.929. The lowest BCUT2D eigenvalue weighted by Gasteiger charge is -2.43. The summed E-state index contributed by atoms with van der Waals surface area (Å²) in [5, 5.41) is 9.52. The largest absolute Gasteiger partial charge is 0.465 e. The first-order valence-electron chi connectivity index (χ1n) is 11.9. The fraction of sp³-hybridized carbons (Fsp3) is 0.640. The second kappa shape index (κ2) is 9.43. The molecule has 2 amide bonds. The number of rotatable bonds is 5. The van der Waals surface area contributed by atoms with E-state index in [1.165, 1.54) is 23.3 Å². The molecule has 8 nitrogen and oxygen atoms in total. The van der Waals surface area contributed by atoms with Crippen LogP contribution in [0.2, 0.25) is 0 Å². The molecular weight excluding hydrogens is 420 g/mol. The van der Waals surface area contributed by atoms with Crippen molar-refractivity contribution in [1.29, 1.82) is 0 Å². The maximum atomic E-state index is 13.6. The van der Waals surface area contributed by atoms with Gasteiger partial charge >= 0.3 is 6.09 Å². The topological polar surface area (TPSA) is 86.2 Å². The van der Waals surface area contributed by atoms with Crippen LogP contribution in [0, 0.1) is 0 Å². The Morgan fingerprint density at radius 1 is 1.27 bits per heavy atom. The van der Waals surface area contributed by atoms with Gasteiger partial charge in [0.25, 0.3) is 0 Å². The van der Waals surface area contributed by atoms with Gasteiger partial charge < -0.3 is 19.6 Å². The Labute approximate surface area is 196 Å². The number of allylic oxidation sites excluding steroid dienone is 2. The van der Waals surface area contributed by atoms with Crippen molar-refractivity contribution in [2.75, 3.05) is 44.8 Å². The van der Waals surface area contributed by atoms with Crippen LogP contribution in [0.5, 0.6) is 0 Å². The zero-order chi connectivity index (χ0) is 23.8. The van der Waals surface area contributed by atoms with Crippen molar-refractivity contribution in [3.63, 3.8) is 0 Å². The molecule has 2 aliphatic heterocycles. The van der Waals surface area contributed by atoms with Gasteiger partial charge in [-0.15, -0.1) is 0 Å². The van der Waals surface area contributed by atoms with Crippen LogP contribution in [0.1, 0.15) is 57.7 Å². The first kappa shape index (κ1) is 23.7. The fourth-order valence-corrected chi connectivity index (χ4v) is 5.40. The average Bonchev–Trinajstić information content (AvgIpc) is 3.06. The number of fused-ring (bicyclic) bond motifs is 1. The van der Waals surface area contributed by atoms with Crippen LogP contribution in [-0.4, -0.2) is 83.9 Å². The third kappa shape index (κ3) is 4.77. The van der Waals surface area contributed by atoms with Crippen molar-refractivity contribution >= 4 is 23.3 Å². The van der Waals surface area contributed by atoms with Gasteiger partial charge in [-0.3, -0.25) is 14.7 Å². The predicted octanol–water partition coefficient (Wildman–Crippen LogP) is 3.36. The number of anilines is 1. The molecule has 0 bridgehead atoms. The zero-order valence-electron chi connectivity index (χ0n) is 20.2. The number of pyridine rings is 1. The lowest BCUT2D eigenvalue weighted by molar-refractivity contribution is -0.121. The Bertz CT molecular complexity index is 944. The SMILES string of the molecule is COC[C@H]1CN(C(=O)O)[C@H](C)CN1CC(=O)N1CC(C)(C)c2cnc(C3=CCCCC3)cc21. The number of hydrogen-bond acceptors (Lipinski definition) is 5. The molecule has 1 N–H and O–H groups in total. The van der Waals surface area contributed by atoms with Crippen molar-refractivity contribution in [2.45, 2.75) is 64.0 Å². The molecule has 1 aliphatic carbocycles. The highest BCUT2D eigenvalue weighted by Gasteiger charge is 2.41. The summed E-state index contributed by atoms with van der Waals surface area (Å²) in [7, 11) is 1.61. The van der Waals surface area contributed by atoms with Crippen molar-refractivity contribution < 1.29 is 19.4 Å². The summed E-state index contributed by atoms with van der Waals surface area (Å²) in [6, 6.07) is 1.76. The first-order valence-corrected chi connectivity index (χ1v) is 11.9. The molecular formula is C25H36N4O4. The number of carboxylic acid groups (broad SMARTS) is 1. The van der Waals surface area contributed by atoms with E-state index in [4.69, 9.17) is 9.72 Å². The molecule has 0 aromatic carbocycles. The monoisotopic (exact) mass is 456 g/mol. The van der Waals surface area contributed by atoms with Gasteiger partial charge in [-0.2, -0.15) is 0 Å². The van der Waals surface area contributed by atoms with Gasteiger partial charge in [-0.25, -0.2) is 4.79 Å². The summed E-state index contributed by atoms with van der Waals surface area (Å²) in [5.74, 6) is 0.0358. The van der Waals surface area contributed by atoms with Crippen LogP contribution in [0.4, 0.5) is 10.5 Å². The van der Waals surface area contributed by atoms with Gasteiger partial charge in [0.2, 0.25) is 5.91 Å². The molecule has 0 saturated carbocycles. The summed E-state index contributed by atoms with van der Waals surface area (Å²) in [6.07, 6.45) is 7.83. The maximum Gasteiger partial charge on any atom is 0.407 e. The van der Waals surface area contributed by atoms with E-state index < -0.39 is 6.09 Å². The molecule has 0 spiro atoms. The van der Waals surface area contributed by atoms with E-state index in [0.29, 0.717) is 26.2 Å². The Morgan fingerprint density at radius 2 is 2.06 bits per heavy atom. The number of amides is 2. The molecule has 3 heterocycles. The quantitative estimate of drug-likeness (QED) is 0.731. The number of aromatic nitrogens is 1. The lowest BCUT2D eigenvalue weighted by Crippen LogP contribution is -2.61. The number of ether oxygens (including phenoxy) is 1. The van der Waals surface area contributed by atoms with Gasteiger partial charge in [0.05, 0.1) is 30.6 Å². The number of hydrogen-bond donors (Lipinski definition) is 1. The Kier molecular flexibility index (Phi) is 6.77. The number of methoxy groups -OCH3 is 1. The van der Waals surface area contributed by atoms with Crippen LogP contribution in [-0.2, 0) is 14.9 Å². The van der Waals surface area contributed by atoms with E-state index >= 15 is 0 Å². The van der Waals surface area contributed by atoms with Crippen LogP contribution >= 0.6 is 0 Å².